The second kappa shape index (κ2) is 9.62. The van der Waals surface area contributed by atoms with E-state index in [4.69, 9.17) is 5.26 Å². The Hall–Kier alpha value is -3.24. The van der Waals surface area contributed by atoms with Gasteiger partial charge >= 0.3 is 0 Å². The van der Waals surface area contributed by atoms with Crippen LogP contribution in [-0.4, -0.2) is 29.9 Å². The summed E-state index contributed by atoms with van der Waals surface area (Å²) in [4.78, 5) is 27.9. The second-order valence-corrected chi connectivity index (χ2v) is 7.40. The van der Waals surface area contributed by atoms with Crippen LogP contribution < -0.4 is 10.6 Å². The molecule has 2 aromatic carbocycles. The predicted molar refractivity (Wildman–Crippen MR) is 109 cm³/mol. The number of thiazole rings is 1. The van der Waals surface area contributed by atoms with E-state index in [1.165, 1.54) is 22.5 Å². The molecule has 1 heterocycles. The zero-order valence-electron chi connectivity index (χ0n) is 15.3. The number of nitrogens with one attached hydrogen (secondary N) is 2. The standard InChI is InChI=1S/C21H20N4O2S/c22-10-11-23-20(27)14-24-19(26)13-21-25-17-9-8-16(12-18(17)28-21)7-6-15-4-2-1-3-5-15/h1-5,8-9,12H,6-7,11,13-14H2,(H,23,27)(H,24,26). The molecule has 0 saturated carbocycles. The Kier molecular flexibility index (Phi) is 6.71. The third-order valence-electron chi connectivity index (χ3n) is 4.16. The third kappa shape index (κ3) is 5.63. The summed E-state index contributed by atoms with van der Waals surface area (Å²) in [5.41, 5.74) is 3.43. The van der Waals surface area contributed by atoms with E-state index in [-0.39, 0.29) is 31.3 Å². The minimum absolute atomic E-state index is 0.0703. The van der Waals surface area contributed by atoms with Gasteiger partial charge in [-0.05, 0) is 36.1 Å². The van der Waals surface area contributed by atoms with Crippen LogP contribution in [0.4, 0.5) is 0 Å². The highest BCUT2D eigenvalue weighted by Gasteiger charge is 2.11. The molecule has 142 valence electrons. The molecule has 0 fully saturated rings. The lowest BCUT2D eigenvalue weighted by Crippen LogP contribution is -2.37. The summed E-state index contributed by atoms with van der Waals surface area (Å²) in [7, 11) is 0. The lowest BCUT2D eigenvalue weighted by atomic mass is 10.0. The van der Waals surface area contributed by atoms with Crippen molar-refractivity contribution in [1.82, 2.24) is 15.6 Å². The second-order valence-electron chi connectivity index (χ2n) is 6.28. The van der Waals surface area contributed by atoms with Gasteiger partial charge in [0.15, 0.2) is 0 Å². The zero-order chi connectivity index (χ0) is 19.8. The number of carbonyl (C=O) groups excluding carboxylic acids is 2. The van der Waals surface area contributed by atoms with Gasteiger partial charge < -0.3 is 10.6 Å². The molecule has 7 heteroatoms. The molecule has 0 atom stereocenters. The number of amides is 2. The first kappa shape index (κ1) is 19.5. The van der Waals surface area contributed by atoms with Crippen LogP contribution in [0.5, 0.6) is 0 Å². The van der Waals surface area contributed by atoms with Crippen molar-refractivity contribution in [2.24, 2.45) is 0 Å². The summed E-state index contributed by atoms with van der Waals surface area (Å²) in [6.45, 7) is -0.214. The fourth-order valence-electron chi connectivity index (χ4n) is 2.76. The maximum Gasteiger partial charge on any atom is 0.240 e. The molecular weight excluding hydrogens is 372 g/mol. The van der Waals surface area contributed by atoms with Crippen LogP contribution >= 0.6 is 11.3 Å². The van der Waals surface area contributed by atoms with E-state index in [1.54, 1.807) is 0 Å². The minimum atomic E-state index is -0.387. The lowest BCUT2D eigenvalue weighted by Gasteiger charge is -2.03. The van der Waals surface area contributed by atoms with Crippen molar-refractivity contribution in [1.29, 1.82) is 5.26 Å². The van der Waals surface area contributed by atoms with Gasteiger partial charge in [-0.25, -0.2) is 4.98 Å². The van der Waals surface area contributed by atoms with Crippen molar-refractivity contribution in [3.8, 4) is 6.07 Å². The van der Waals surface area contributed by atoms with Crippen LogP contribution in [0, 0.1) is 11.3 Å². The molecule has 0 unspecified atom stereocenters. The number of rotatable bonds is 8. The Morgan fingerprint density at radius 3 is 2.57 bits per heavy atom. The summed E-state index contributed by atoms with van der Waals surface area (Å²) in [6, 6.07) is 18.4. The maximum atomic E-state index is 12.0. The Bertz CT molecular complexity index is 1010. The first-order valence-electron chi connectivity index (χ1n) is 8.96. The molecule has 3 aromatic rings. The average Bonchev–Trinajstić information content (AvgIpc) is 3.11. The SMILES string of the molecule is N#CCNC(=O)CNC(=O)Cc1nc2ccc(CCc3ccccc3)cc2s1. The maximum absolute atomic E-state index is 12.0. The number of benzene rings is 2. The summed E-state index contributed by atoms with van der Waals surface area (Å²) in [5.74, 6) is -0.655. The highest BCUT2D eigenvalue weighted by molar-refractivity contribution is 7.18. The van der Waals surface area contributed by atoms with Gasteiger partial charge in [0.25, 0.3) is 0 Å². The van der Waals surface area contributed by atoms with Gasteiger partial charge in [-0.1, -0.05) is 36.4 Å². The number of nitriles is 1. The molecule has 2 N–H and O–H groups in total. The zero-order valence-corrected chi connectivity index (χ0v) is 16.1. The first-order chi connectivity index (χ1) is 13.6. The highest BCUT2D eigenvalue weighted by atomic mass is 32.1. The van der Waals surface area contributed by atoms with Gasteiger partial charge in [-0.15, -0.1) is 11.3 Å². The summed E-state index contributed by atoms with van der Waals surface area (Å²) in [6.07, 6.45) is 2.06. The number of aromatic nitrogens is 1. The van der Waals surface area contributed by atoms with E-state index >= 15 is 0 Å². The quantitative estimate of drug-likeness (QED) is 0.576. The third-order valence-corrected chi connectivity index (χ3v) is 5.18. The number of nitrogens with zero attached hydrogens (tertiary/aromatic N) is 2. The van der Waals surface area contributed by atoms with Crippen molar-refractivity contribution < 1.29 is 9.59 Å². The molecule has 0 bridgehead atoms. The van der Waals surface area contributed by atoms with Crippen molar-refractivity contribution in [2.45, 2.75) is 19.3 Å². The Morgan fingerprint density at radius 1 is 1.00 bits per heavy atom. The average molecular weight is 392 g/mol. The molecule has 6 nitrogen and oxygen atoms in total. The Labute approximate surface area is 167 Å². The smallest absolute Gasteiger partial charge is 0.240 e. The van der Waals surface area contributed by atoms with Gasteiger partial charge in [0.2, 0.25) is 11.8 Å². The monoisotopic (exact) mass is 392 g/mol. The molecule has 0 radical (unpaired) electrons. The molecule has 0 aliphatic carbocycles. The lowest BCUT2D eigenvalue weighted by molar-refractivity contribution is -0.125. The topological polar surface area (TPSA) is 94.9 Å². The molecule has 0 saturated heterocycles. The number of carbonyl (C=O) groups is 2. The van der Waals surface area contributed by atoms with Crippen LogP contribution in [-0.2, 0) is 28.9 Å². The van der Waals surface area contributed by atoms with Crippen LogP contribution in [0.15, 0.2) is 48.5 Å². The Balaban J connectivity index is 1.55. The van der Waals surface area contributed by atoms with E-state index in [0.29, 0.717) is 5.01 Å². The van der Waals surface area contributed by atoms with Crippen LogP contribution in [0.1, 0.15) is 16.1 Å². The van der Waals surface area contributed by atoms with Gasteiger partial charge in [0.1, 0.15) is 11.6 Å². The molecule has 1 aromatic heterocycles. The number of hydrogen-bond donors (Lipinski definition) is 2. The molecule has 0 spiro atoms. The van der Waals surface area contributed by atoms with Gasteiger partial charge in [0.05, 0.1) is 29.3 Å². The normalized spacial score (nSPS) is 10.4. The number of hydrogen-bond acceptors (Lipinski definition) is 5. The fourth-order valence-corrected chi connectivity index (χ4v) is 3.79. The van der Waals surface area contributed by atoms with Crippen molar-refractivity contribution in [3.63, 3.8) is 0 Å². The van der Waals surface area contributed by atoms with E-state index < -0.39 is 0 Å². The first-order valence-corrected chi connectivity index (χ1v) is 9.78. The van der Waals surface area contributed by atoms with Crippen LogP contribution in [0.2, 0.25) is 0 Å². The molecule has 28 heavy (non-hydrogen) atoms. The Morgan fingerprint density at radius 2 is 1.79 bits per heavy atom. The number of fused-ring (bicyclic) bond motifs is 1. The van der Waals surface area contributed by atoms with E-state index in [2.05, 4.69) is 39.9 Å². The van der Waals surface area contributed by atoms with E-state index in [0.717, 1.165) is 23.1 Å². The highest BCUT2D eigenvalue weighted by Crippen LogP contribution is 2.24. The van der Waals surface area contributed by atoms with Gasteiger partial charge in [-0.2, -0.15) is 5.26 Å². The van der Waals surface area contributed by atoms with Crippen molar-refractivity contribution in [3.05, 3.63) is 64.7 Å². The predicted octanol–water partition coefficient (Wildman–Crippen LogP) is 2.38. The van der Waals surface area contributed by atoms with Crippen LogP contribution in [0.25, 0.3) is 10.2 Å². The molecule has 3 rings (SSSR count). The van der Waals surface area contributed by atoms with Crippen molar-refractivity contribution in [2.75, 3.05) is 13.1 Å². The molecule has 0 aliphatic heterocycles. The van der Waals surface area contributed by atoms with Gasteiger partial charge in [-0.3, -0.25) is 9.59 Å². The summed E-state index contributed by atoms with van der Waals surface area (Å²) >= 11 is 1.49. The minimum Gasteiger partial charge on any atom is -0.347 e. The summed E-state index contributed by atoms with van der Waals surface area (Å²) in [5, 5.41) is 14.0. The number of aryl methyl sites for hydroxylation is 2. The van der Waals surface area contributed by atoms with Gasteiger partial charge in [0, 0.05) is 0 Å². The van der Waals surface area contributed by atoms with E-state index in [9.17, 15) is 9.59 Å². The van der Waals surface area contributed by atoms with Crippen LogP contribution in [0.3, 0.4) is 0 Å². The van der Waals surface area contributed by atoms with E-state index in [1.807, 2.05) is 30.3 Å². The molecular formula is C21H20N4O2S. The fraction of sp³-hybridized carbons (Fsp3) is 0.238. The van der Waals surface area contributed by atoms with Crippen molar-refractivity contribution >= 4 is 33.4 Å². The molecule has 0 aliphatic rings. The largest absolute Gasteiger partial charge is 0.347 e. The molecule has 2 amide bonds. The summed E-state index contributed by atoms with van der Waals surface area (Å²) < 4.78 is 1.06.